The van der Waals surface area contributed by atoms with Gasteiger partial charge in [0.15, 0.2) is 0 Å². The summed E-state index contributed by atoms with van der Waals surface area (Å²) < 4.78 is 0. The summed E-state index contributed by atoms with van der Waals surface area (Å²) in [5, 5.41) is 3.64. The number of rotatable bonds is 5. The molecule has 2 heteroatoms. The van der Waals surface area contributed by atoms with E-state index in [1.807, 2.05) is 0 Å². The van der Waals surface area contributed by atoms with Crippen molar-refractivity contribution in [3.05, 3.63) is 0 Å². The molecule has 0 aromatic heterocycles. The molecule has 1 aliphatic carbocycles. The maximum absolute atomic E-state index is 3.64. The summed E-state index contributed by atoms with van der Waals surface area (Å²) in [6.45, 7) is 10.8. The van der Waals surface area contributed by atoms with E-state index in [2.05, 4.69) is 31.0 Å². The van der Waals surface area contributed by atoms with E-state index in [4.69, 9.17) is 0 Å². The molecule has 0 radical (unpaired) electrons. The van der Waals surface area contributed by atoms with Gasteiger partial charge in [-0.2, -0.15) is 0 Å². The monoisotopic (exact) mass is 224 g/mol. The van der Waals surface area contributed by atoms with Gasteiger partial charge in [-0.25, -0.2) is 0 Å². The molecule has 1 N–H and O–H groups in total. The summed E-state index contributed by atoms with van der Waals surface area (Å²) in [5.41, 5.74) is 0. The van der Waals surface area contributed by atoms with Gasteiger partial charge >= 0.3 is 0 Å². The maximum Gasteiger partial charge on any atom is 0.0120 e. The van der Waals surface area contributed by atoms with E-state index in [1.54, 1.807) is 0 Å². The van der Waals surface area contributed by atoms with Crippen LogP contribution >= 0.6 is 0 Å². The highest BCUT2D eigenvalue weighted by atomic mass is 15.2. The standard InChI is InChI=1S/C14H28N2/c1-4-15-14-8-10-16(12(3)11(14)2)9-7-13-5-6-13/h11-15H,4-10H2,1-3H3. The topological polar surface area (TPSA) is 15.3 Å². The lowest BCUT2D eigenvalue weighted by Crippen LogP contribution is -2.53. The Bertz CT molecular complexity index is 213. The van der Waals surface area contributed by atoms with Gasteiger partial charge in [-0.3, -0.25) is 0 Å². The molecule has 3 atom stereocenters. The van der Waals surface area contributed by atoms with Crippen LogP contribution in [0.4, 0.5) is 0 Å². The van der Waals surface area contributed by atoms with Crippen LogP contribution < -0.4 is 5.32 Å². The molecule has 0 spiro atoms. The van der Waals surface area contributed by atoms with E-state index < -0.39 is 0 Å². The summed E-state index contributed by atoms with van der Waals surface area (Å²) in [4.78, 5) is 2.72. The lowest BCUT2D eigenvalue weighted by atomic mass is 9.87. The van der Waals surface area contributed by atoms with Crippen LogP contribution in [0.5, 0.6) is 0 Å². The lowest BCUT2D eigenvalue weighted by molar-refractivity contribution is 0.0832. The minimum atomic E-state index is 0.747. The summed E-state index contributed by atoms with van der Waals surface area (Å²) in [5.74, 6) is 1.88. The Labute approximate surface area is 101 Å². The zero-order valence-corrected chi connectivity index (χ0v) is 11.2. The van der Waals surface area contributed by atoms with Crippen LogP contribution in [-0.4, -0.2) is 36.6 Å². The first kappa shape index (κ1) is 12.4. The Kier molecular flexibility index (Phi) is 4.26. The highest BCUT2D eigenvalue weighted by Gasteiger charge is 2.32. The first-order chi connectivity index (χ1) is 7.72. The maximum atomic E-state index is 3.64. The largest absolute Gasteiger partial charge is 0.314 e. The van der Waals surface area contributed by atoms with Crippen molar-refractivity contribution in [1.82, 2.24) is 10.2 Å². The molecule has 1 heterocycles. The smallest absolute Gasteiger partial charge is 0.0120 e. The lowest BCUT2D eigenvalue weighted by Gasteiger charge is -2.43. The van der Waals surface area contributed by atoms with Crippen molar-refractivity contribution in [2.24, 2.45) is 11.8 Å². The van der Waals surface area contributed by atoms with Gasteiger partial charge in [-0.15, -0.1) is 0 Å². The van der Waals surface area contributed by atoms with Gasteiger partial charge in [0.1, 0.15) is 0 Å². The van der Waals surface area contributed by atoms with Crippen LogP contribution in [0, 0.1) is 11.8 Å². The van der Waals surface area contributed by atoms with Crippen molar-refractivity contribution in [2.45, 2.75) is 58.5 Å². The average molecular weight is 224 g/mol. The SMILES string of the molecule is CCNC1CCN(CCC2CC2)C(C)C1C. The normalized spacial score (nSPS) is 36.6. The minimum absolute atomic E-state index is 0.747. The molecule has 0 bridgehead atoms. The highest BCUT2D eigenvalue weighted by Crippen LogP contribution is 2.33. The number of nitrogens with one attached hydrogen (secondary N) is 1. The van der Waals surface area contributed by atoms with Gasteiger partial charge in [0.2, 0.25) is 0 Å². The van der Waals surface area contributed by atoms with Gasteiger partial charge in [-0.05, 0) is 51.2 Å². The molecule has 16 heavy (non-hydrogen) atoms. The van der Waals surface area contributed by atoms with Crippen LogP contribution in [0.25, 0.3) is 0 Å². The van der Waals surface area contributed by atoms with Gasteiger partial charge in [0, 0.05) is 12.1 Å². The molecule has 2 aliphatic rings. The number of likely N-dealkylation sites (tertiary alicyclic amines) is 1. The molecular formula is C14H28N2. The van der Waals surface area contributed by atoms with E-state index in [0.29, 0.717) is 0 Å². The molecule has 0 aromatic carbocycles. The van der Waals surface area contributed by atoms with E-state index in [9.17, 15) is 0 Å². The molecule has 2 nitrogen and oxygen atoms in total. The third-order valence-corrected chi connectivity index (χ3v) is 4.69. The van der Waals surface area contributed by atoms with Crippen molar-refractivity contribution in [1.29, 1.82) is 0 Å². The molecule has 94 valence electrons. The quantitative estimate of drug-likeness (QED) is 0.772. The molecule has 1 aliphatic heterocycles. The average Bonchev–Trinajstić information content (AvgIpc) is 3.08. The molecule has 2 rings (SSSR count). The Morgan fingerprint density at radius 2 is 1.94 bits per heavy atom. The fraction of sp³-hybridized carbons (Fsp3) is 1.00. The Morgan fingerprint density at radius 3 is 2.56 bits per heavy atom. The molecule has 1 saturated heterocycles. The second kappa shape index (κ2) is 5.50. The molecule has 0 aromatic rings. The van der Waals surface area contributed by atoms with E-state index in [0.717, 1.165) is 30.5 Å². The second-order valence-electron chi connectivity index (χ2n) is 5.82. The van der Waals surface area contributed by atoms with Gasteiger partial charge in [0.25, 0.3) is 0 Å². The van der Waals surface area contributed by atoms with Crippen molar-refractivity contribution < 1.29 is 0 Å². The van der Waals surface area contributed by atoms with E-state index in [-0.39, 0.29) is 0 Å². The first-order valence-electron chi connectivity index (χ1n) is 7.19. The number of nitrogens with zero attached hydrogens (tertiary/aromatic N) is 1. The Balaban J connectivity index is 1.78. The molecule has 3 unspecified atom stereocenters. The van der Waals surface area contributed by atoms with Gasteiger partial charge in [0.05, 0.1) is 0 Å². The second-order valence-corrected chi connectivity index (χ2v) is 5.82. The molecule has 2 fully saturated rings. The number of hydrogen-bond donors (Lipinski definition) is 1. The zero-order chi connectivity index (χ0) is 11.5. The van der Waals surface area contributed by atoms with Crippen molar-refractivity contribution in [3.63, 3.8) is 0 Å². The highest BCUT2D eigenvalue weighted by molar-refractivity contribution is 4.89. The zero-order valence-electron chi connectivity index (χ0n) is 11.2. The van der Waals surface area contributed by atoms with Crippen molar-refractivity contribution >= 4 is 0 Å². The number of hydrogen-bond acceptors (Lipinski definition) is 2. The predicted octanol–water partition coefficient (Wildman–Crippen LogP) is 2.49. The van der Waals surface area contributed by atoms with Crippen molar-refractivity contribution in [2.75, 3.05) is 19.6 Å². The predicted molar refractivity (Wildman–Crippen MR) is 69.6 cm³/mol. The van der Waals surface area contributed by atoms with Gasteiger partial charge < -0.3 is 10.2 Å². The molecular weight excluding hydrogens is 196 g/mol. The minimum Gasteiger partial charge on any atom is -0.314 e. The fourth-order valence-electron chi connectivity index (χ4n) is 3.06. The van der Waals surface area contributed by atoms with E-state index >= 15 is 0 Å². The van der Waals surface area contributed by atoms with Crippen LogP contribution in [0.15, 0.2) is 0 Å². The molecule has 0 amide bonds. The summed E-state index contributed by atoms with van der Waals surface area (Å²) in [6.07, 6.45) is 5.78. The van der Waals surface area contributed by atoms with Gasteiger partial charge in [-0.1, -0.05) is 26.7 Å². The fourth-order valence-corrected chi connectivity index (χ4v) is 3.06. The third-order valence-electron chi connectivity index (χ3n) is 4.69. The van der Waals surface area contributed by atoms with Crippen LogP contribution in [-0.2, 0) is 0 Å². The van der Waals surface area contributed by atoms with Crippen LogP contribution in [0.3, 0.4) is 0 Å². The van der Waals surface area contributed by atoms with Crippen LogP contribution in [0.2, 0.25) is 0 Å². The summed E-state index contributed by atoms with van der Waals surface area (Å²) in [7, 11) is 0. The number of piperidine rings is 1. The summed E-state index contributed by atoms with van der Waals surface area (Å²) in [6, 6.07) is 1.51. The van der Waals surface area contributed by atoms with Crippen LogP contribution in [0.1, 0.15) is 46.5 Å². The molecule has 1 saturated carbocycles. The third kappa shape index (κ3) is 2.98. The van der Waals surface area contributed by atoms with Crippen molar-refractivity contribution in [3.8, 4) is 0 Å². The summed E-state index contributed by atoms with van der Waals surface area (Å²) >= 11 is 0. The first-order valence-corrected chi connectivity index (χ1v) is 7.19. The Hall–Kier alpha value is -0.0800. The Morgan fingerprint density at radius 1 is 1.19 bits per heavy atom. The van der Waals surface area contributed by atoms with E-state index in [1.165, 1.54) is 38.8 Å².